The molecule has 0 radical (unpaired) electrons. The molecule has 0 aliphatic heterocycles. The summed E-state index contributed by atoms with van der Waals surface area (Å²) in [5.41, 5.74) is 0. The molecule has 2 atom stereocenters. The van der Waals surface area contributed by atoms with Gasteiger partial charge in [0.05, 0.1) is 18.8 Å². The molecular weight excluding hydrogens is 699 g/mol. The van der Waals surface area contributed by atoms with E-state index in [0.29, 0.717) is 6.42 Å². The lowest BCUT2D eigenvalue weighted by Crippen LogP contribution is -2.45. The summed E-state index contributed by atoms with van der Waals surface area (Å²) < 4.78 is 0. The molecule has 0 spiro atoms. The van der Waals surface area contributed by atoms with E-state index < -0.39 is 12.1 Å². The van der Waals surface area contributed by atoms with E-state index in [2.05, 4.69) is 104 Å². The van der Waals surface area contributed by atoms with Crippen LogP contribution in [0.25, 0.3) is 0 Å². The normalized spacial score (nSPS) is 13.8. The molecule has 0 saturated carbocycles. The Balaban J connectivity index is 3.70. The lowest BCUT2D eigenvalue weighted by atomic mass is 10.0. The molecule has 0 aromatic heterocycles. The number of hydrogen-bond donors (Lipinski definition) is 3. The summed E-state index contributed by atoms with van der Waals surface area (Å²) in [4.78, 5) is 12.4. The predicted molar refractivity (Wildman–Crippen MR) is 253 cm³/mol. The minimum atomic E-state index is -0.885. The first-order chi connectivity index (χ1) is 28.2. The molecule has 1 amide bonds. The first kappa shape index (κ1) is 54.3. The van der Waals surface area contributed by atoms with Crippen molar-refractivity contribution in [3.05, 3.63) is 97.2 Å². The highest BCUT2D eigenvalue weighted by Crippen LogP contribution is 2.14. The van der Waals surface area contributed by atoms with Crippen LogP contribution in [0.3, 0.4) is 0 Å². The molecule has 0 aromatic rings. The van der Waals surface area contributed by atoms with Crippen molar-refractivity contribution in [1.29, 1.82) is 0 Å². The van der Waals surface area contributed by atoms with Gasteiger partial charge in [-0.1, -0.05) is 214 Å². The number of amides is 1. The Morgan fingerprint density at radius 3 is 1.23 bits per heavy atom. The summed E-state index contributed by atoms with van der Waals surface area (Å²) in [6.45, 7) is 4.17. The molecule has 0 aliphatic rings. The fraction of sp³-hybridized carbons (Fsp3) is 0.679. The minimum absolute atomic E-state index is 0.100. The number of carbonyl (C=O) groups is 1. The monoisotopic (exact) mass is 790 g/mol. The second kappa shape index (κ2) is 47.7. The van der Waals surface area contributed by atoms with Crippen molar-refractivity contribution in [3.63, 3.8) is 0 Å². The van der Waals surface area contributed by atoms with Crippen molar-refractivity contribution in [3.8, 4) is 0 Å². The Bertz CT molecular complexity index is 1080. The van der Waals surface area contributed by atoms with E-state index in [1.807, 2.05) is 6.08 Å². The van der Waals surface area contributed by atoms with Gasteiger partial charge in [-0.2, -0.15) is 0 Å². The van der Waals surface area contributed by atoms with Gasteiger partial charge < -0.3 is 15.5 Å². The minimum Gasteiger partial charge on any atom is -0.394 e. The predicted octanol–water partition coefficient (Wildman–Crippen LogP) is 15.4. The lowest BCUT2D eigenvalue weighted by Gasteiger charge is -2.19. The Morgan fingerprint density at radius 2 is 0.789 bits per heavy atom. The van der Waals surface area contributed by atoms with Crippen LogP contribution in [-0.4, -0.2) is 34.9 Å². The highest BCUT2D eigenvalue weighted by atomic mass is 16.3. The largest absolute Gasteiger partial charge is 0.394 e. The summed E-state index contributed by atoms with van der Waals surface area (Å²) in [5.74, 6) is -0.100. The number of aliphatic hydroxyl groups is 2. The summed E-state index contributed by atoms with van der Waals surface area (Å²) in [7, 11) is 0. The Hall–Kier alpha value is -2.69. The van der Waals surface area contributed by atoms with Gasteiger partial charge in [0.1, 0.15) is 0 Å². The van der Waals surface area contributed by atoms with Gasteiger partial charge in [0.2, 0.25) is 5.91 Å². The lowest BCUT2D eigenvalue weighted by molar-refractivity contribution is -0.123. The maximum absolute atomic E-state index is 12.4. The van der Waals surface area contributed by atoms with E-state index in [9.17, 15) is 15.0 Å². The van der Waals surface area contributed by atoms with Crippen molar-refractivity contribution >= 4 is 5.91 Å². The average molecular weight is 790 g/mol. The highest BCUT2D eigenvalue weighted by molar-refractivity contribution is 5.76. The Kier molecular flexibility index (Phi) is 45.4. The molecule has 4 heteroatoms. The van der Waals surface area contributed by atoms with Crippen molar-refractivity contribution < 1.29 is 15.0 Å². The molecule has 0 saturated heterocycles. The third-order valence-corrected chi connectivity index (χ3v) is 10.3. The fourth-order valence-electron chi connectivity index (χ4n) is 6.65. The zero-order chi connectivity index (χ0) is 41.4. The van der Waals surface area contributed by atoms with Gasteiger partial charge in [-0.3, -0.25) is 4.79 Å². The molecule has 57 heavy (non-hydrogen) atoms. The molecule has 0 bridgehead atoms. The van der Waals surface area contributed by atoms with E-state index in [0.717, 1.165) is 83.5 Å². The Labute approximate surface area is 353 Å². The van der Waals surface area contributed by atoms with Crippen LogP contribution >= 0.6 is 0 Å². The molecule has 0 aromatic carbocycles. The average Bonchev–Trinajstić information content (AvgIpc) is 3.22. The Morgan fingerprint density at radius 1 is 0.439 bits per heavy atom. The van der Waals surface area contributed by atoms with Gasteiger partial charge in [0.15, 0.2) is 0 Å². The standard InChI is InChI=1S/C53H91NO3/c1-3-5-7-9-11-13-15-17-19-21-23-25-26-27-29-30-32-34-36-38-40-42-44-46-48-52(56)51(50-55)54-53(57)49-47-45-43-41-39-37-35-33-31-28-24-22-20-18-16-14-12-10-8-6-4-2/h6,8,12,14,18,20,24,28,30,32-33,35,38,40,46,48,51-52,55-56H,3-5,7,9-11,13,15-17,19,21-23,25-27,29,31,34,36-37,39,41-45,47,49-50H2,1-2H3,(H,54,57)/b8-6-,14-12-,20-18-,28-24-,32-30+,35-33-,40-38+,48-46+. The van der Waals surface area contributed by atoms with Crippen LogP contribution < -0.4 is 5.32 Å². The molecule has 0 heterocycles. The maximum Gasteiger partial charge on any atom is 0.220 e. The number of carbonyl (C=O) groups excluding carboxylic acids is 1. The second-order valence-electron chi connectivity index (χ2n) is 15.8. The summed E-state index contributed by atoms with van der Waals surface area (Å²) >= 11 is 0. The van der Waals surface area contributed by atoms with E-state index in [-0.39, 0.29) is 12.5 Å². The quantitative estimate of drug-likeness (QED) is 0.0426. The van der Waals surface area contributed by atoms with Crippen LogP contribution in [0.2, 0.25) is 0 Å². The third-order valence-electron chi connectivity index (χ3n) is 10.3. The van der Waals surface area contributed by atoms with Crippen molar-refractivity contribution in [2.45, 2.75) is 225 Å². The molecule has 326 valence electrons. The fourth-order valence-corrected chi connectivity index (χ4v) is 6.65. The van der Waals surface area contributed by atoms with Gasteiger partial charge in [-0.15, -0.1) is 0 Å². The SMILES string of the molecule is CC/C=C\C/C=C\C/C=C\C/C=C\C/C=C\CCCCCCCC(=O)NC(CO)C(O)/C=C/CC/C=C/CC/C=C/CCCCCCCCCCCCCCCC. The maximum atomic E-state index is 12.4. The number of rotatable bonds is 42. The van der Waals surface area contributed by atoms with Gasteiger partial charge in [-0.25, -0.2) is 0 Å². The van der Waals surface area contributed by atoms with Crippen LogP contribution in [-0.2, 0) is 4.79 Å². The highest BCUT2D eigenvalue weighted by Gasteiger charge is 2.17. The van der Waals surface area contributed by atoms with E-state index in [1.165, 1.54) is 109 Å². The molecule has 0 rings (SSSR count). The number of allylic oxidation sites excluding steroid dienone is 15. The van der Waals surface area contributed by atoms with Crippen molar-refractivity contribution in [2.24, 2.45) is 0 Å². The van der Waals surface area contributed by atoms with Crippen LogP contribution in [0.5, 0.6) is 0 Å². The number of unbranched alkanes of at least 4 members (excludes halogenated alkanes) is 21. The third kappa shape index (κ3) is 44.3. The zero-order valence-corrected chi connectivity index (χ0v) is 37.3. The first-order valence-corrected chi connectivity index (χ1v) is 24.0. The van der Waals surface area contributed by atoms with Gasteiger partial charge in [0.25, 0.3) is 0 Å². The van der Waals surface area contributed by atoms with Gasteiger partial charge in [0, 0.05) is 6.42 Å². The molecule has 4 nitrogen and oxygen atoms in total. The van der Waals surface area contributed by atoms with Crippen LogP contribution in [0.4, 0.5) is 0 Å². The molecule has 0 aliphatic carbocycles. The number of hydrogen-bond acceptors (Lipinski definition) is 3. The molecule has 2 unspecified atom stereocenters. The first-order valence-electron chi connectivity index (χ1n) is 24.0. The van der Waals surface area contributed by atoms with E-state index in [1.54, 1.807) is 6.08 Å². The molecule has 3 N–H and O–H groups in total. The summed E-state index contributed by atoms with van der Waals surface area (Å²) in [6.07, 6.45) is 71.0. The van der Waals surface area contributed by atoms with Crippen LogP contribution in [0.15, 0.2) is 97.2 Å². The second-order valence-corrected chi connectivity index (χ2v) is 15.8. The number of aliphatic hydroxyl groups excluding tert-OH is 2. The zero-order valence-electron chi connectivity index (χ0n) is 37.3. The summed E-state index contributed by atoms with van der Waals surface area (Å²) in [6, 6.07) is -0.663. The van der Waals surface area contributed by atoms with Crippen LogP contribution in [0, 0.1) is 0 Å². The number of nitrogens with one attached hydrogen (secondary N) is 1. The van der Waals surface area contributed by atoms with Crippen molar-refractivity contribution in [1.82, 2.24) is 5.32 Å². The van der Waals surface area contributed by atoms with E-state index in [4.69, 9.17) is 0 Å². The molecule has 0 fully saturated rings. The smallest absolute Gasteiger partial charge is 0.220 e. The van der Waals surface area contributed by atoms with Crippen LogP contribution in [0.1, 0.15) is 213 Å². The topological polar surface area (TPSA) is 69.6 Å². The van der Waals surface area contributed by atoms with Gasteiger partial charge >= 0.3 is 0 Å². The van der Waals surface area contributed by atoms with Gasteiger partial charge in [-0.05, 0) is 89.9 Å². The molecular formula is C53H91NO3. The van der Waals surface area contributed by atoms with E-state index >= 15 is 0 Å². The van der Waals surface area contributed by atoms with Crippen molar-refractivity contribution in [2.75, 3.05) is 6.61 Å². The summed E-state index contributed by atoms with van der Waals surface area (Å²) in [5, 5.41) is 23.0.